The molecule has 0 amide bonds. The average molecular weight is 464 g/mol. The van der Waals surface area contributed by atoms with Gasteiger partial charge in [0.15, 0.2) is 0 Å². The van der Waals surface area contributed by atoms with Gasteiger partial charge >= 0.3 is 0 Å². The summed E-state index contributed by atoms with van der Waals surface area (Å²) in [5, 5.41) is 25.4. The Morgan fingerprint density at radius 2 is 1.69 bits per heavy atom. The fourth-order valence-corrected chi connectivity index (χ4v) is 4.33. The second-order valence-electron chi connectivity index (χ2n) is 8.27. The van der Waals surface area contributed by atoms with Gasteiger partial charge in [0.2, 0.25) is 12.2 Å². The molecule has 5 rings (SSSR count). The molecule has 9 nitrogen and oxygen atoms in total. The van der Waals surface area contributed by atoms with Gasteiger partial charge in [0, 0.05) is 25.3 Å². The summed E-state index contributed by atoms with van der Waals surface area (Å²) >= 11 is 0. The smallest absolute Gasteiger partial charge is 0.251 e. The third kappa shape index (κ3) is 4.68. The Labute approximate surface area is 203 Å². The van der Waals surface area contributed by atoms with Crippen LogP contribution >= 0.6 is 0 Å². The fourth-order valence-electron chi connectivity index (χ4n) is 4.33. The lowest BCUT2D eigenvalue weighted by Gasteiger charge is -2.42. The van der Waals surface area contributed by atoms with E-state index in [2.05, 4.69) is 47.8 Å². The number of benzene rings is 3. The second kappa shape index (κ2) is 10.1. The second-order valence-corrected chi connectivity index (χ2v) is 8.27. The van der Waals surface area contributed by atoms with Crippen LogP contribution < -0.4 is 10.2 Å². The summed E-state index contributed by atoms with van der Waals surface area (Å²) in [5.74, 6) is 1.21. The molecule has 0 aliphatic carbocycles. The number of para-hydroxylation sites is 2. The quantitative estimate of drug-likeness (QED) is 0.279. The van der Waals surface area contributed by atoms with Crippen molar-refractivity contribution in [2.45, 2.75) is 13.0 Å². The summed E-state index contributed by atoms with van der Waals surface area (Å²) in [4.78, 5) is 8.47. The largest absolute Gasteiger partial charge is 0.338 e. The fraction of sp³-hybridized carbons (Fsp3) is 0.192. The molecule has 4 aromatic rings. The van der Waals surface area contributed by atoms with Crippen LogP contribution in [-0.2, 0) is 0 Å². The molecule has 1 atom stereocenters. The molecule has 0 bridgehead atoms. The van der Waals surface area contributed by atoms with E-state index in [0.717, 1.165) is 22.5 Å². The van der Waals surface area contributed by atoms with Crippen LogP contribution in [0.25, 0.3) is 5.69 Å². The highest BCUT2D eigenvalue weighted by Crippen LogP contribution is 2.31. The van der Waals surface area contributed by atoms with E-state index in [1.807, 2.05) is 85.9 Å². The number of aryl methyl sites for hydroxylation is 1. The number of aliphatic imine (C=N–C) groups is 1. The predicted molar refractivity (Wildman–Crippen MR) is 135 cm³/mol. The van der Waals surface area contributed by atoms with Crippen LogP contribution in [0.1, 0.15) is 17.2 Å². The number of nitrogens with one attached hydrogen (secondary N) is 1. The summed E-state index contributed by atoms with van der Waals surface area (Å²) in [6, 6.07) is 28.1. The Kier molecular flexibility index (Phi) is 6.35. The maximum atomic E-state index is 9.42. The van der Waals surface area contributed by atoms with Gasteiger partial charge in [-0.25, -0.2) is 0 Å². The molecule has 1 aromatic heterocycles. The maximum Gasteiger partial charge on any atom is 0.251 e. The van der Waals surface area contributed by atoms with E-state index < -0.39 is 0 Å². The van der Waals surface area contributed by atoms with Gasteiger partial charge in [-0.1, -0.05) is 71.8 Å². The molecule has 1 fully saturated rings. The van der Waals surface area contributed by atoms with Crippen LogP contribution in [-0.4, -0.2) is 50.7 Å². The SMILES string of the molecule is Cc1ccccc1N/C(=N\C#N)N1CCN(c2nnnn2-c2ccccc2)C(c2ccccc2)C1. The molecular formula is C26H25N9. The van der Waals surface area contributed by atoms with E-state index in [-0.39, 0.29) is 6.04 Å². The molecule has 9 heteroatoms. The van der Waals surface area contributed by atoms with E-state index in [4.69, 9.17) is 0 Å². The van der Waals surface area contributed by atoms with E-state index >= 15 is 0 Å². The van der Waals surface area contributed by atoms with Gasteiger partial charge < -0.3 is 15.1 Å². The lowest BCUT2D eigenvalue weighted by atomic mass is 10.0. The van der Waals surface area contributed by atoms with Gasteiger partial charge in [-0.15, -0.1) is 4.99 Å². The number of guanidine groups is 1. The van der Waals surface area contributed by atoms with Crippen molar-refractivity contribution in [2.24, 2.45) is 4.99 Å². The normalized spacial score (nSPS) is 16.1. The number of nitriles is 1. The van der Waals surface area contributed by atoms with Crippen molar-refractivity contribution in [2.75, 3.05) is 29.9 Å². The first kappa shape index (κ1) is 22.1. The lowest BCUT2D eigenvalue weighted by Crippen LogP contribution is -2.53. The topological polar surface area (TPSA) is 98.3 Å². The number of tetrazole rings is 1. The monoisotopic (exact) mass is 463 g/mol. The third-order valence-corrected chi connectivity index (χ3v) is 6.12. The number of rotatable bonds is 4. The lowest BCUT2D eigenvalue weighted by molar-refractivity contribution is 0.325. The third-order valence-electron chi connectivity index (χ3n) is 6.12. The maximum absolute atomic E-state index is 9.42. The molecule has 0 spiro atoms. The van der Waals surface area contributed by atoms with Crippen LogP contribution in [0.3, 0.4) is 0 Å². The van der Waals surface area contributed by atoms with Crippen molar-refractivity contribution in [3.8, 4) is 11.9 Å². The zero-order valence-corrected chi connectivity index (χ0v) is 19.4. The Balaban J connectivity index is 1.48. The summed E-state index contributed by atoms with van der Waals surface area (Å²) in [5.41, 5.74) is 4.04. The van der Waals surface area contributed by atoms with Crippen molar-refractivity contribution in [3.05, 3.63) is 96.1 Å². The molecule has 1 saturated heterocycles. The highest BCUT2D eigenvalue weighted by molar-refractivity contribution is 5.95. The van der Waals surface area contributed by atoms with Gasteiger partial charge in [-0.2, -0.15) is 9.94 Å². The molecule has 3 aromatic carbocycles. The number of aromatic nitrogens is 4. The first-order valence-electron chi connectivity index (χ1n) is 11.4. The Morgan fingerprint density at radius 3 is 2.43 bits per heavy atom. The van der Waals surface area contributed by atoms with Crippen LogP contribution in [0.4, 0.5) is 11.6 Å². The Hall–Kier alpha value is -4.71. The molecule has 35 heavy (non-hydrogen) atoms. The summed E-state index contributed by atoms with van der Waals surface area (Å²) in [7, 11) is 0. The van der Waals surface area contributed by atoms with Gasteiger partial charge in [0.25, 0.3) is 5.95 Å². The minimum atomic E-state index is -0.0547. The molecular weight excluding hydrogens is 438 g/mol. The summed E-state index contributed by atoms with van der Waals surface area (Å²) in [6.07, 6.45) is 1.96. The number of piperazine rings is 1. The summed E-state index contributed by atoms with van der Waals surface area (Å²) in [6.45, 7) is 3.92. The van der Waals surface area contributed by atoms with Crippen molar-refractivity contribution in [3.63, 3.8) is 0 Å². The van der Waals surface area contributed by atoms with Crippen molar-refractivity contribution in [1.29, 1.82) is 5.26 Å². The molecule has 1 aliphatic heterocycles. The zero-order chi connectivity index (χ0) is 24.0. The van der Waals surface area contributed by atoms with Gasteiger partial charge in [0.05, 0.1) is 11.7 Å². The van der Waals surface area contributed by atoms with Crippen LogP contribution in [0, 0.1) is 18.4 Å². The predicted octanol–water partition coefficient (Wildman–Crippen LogP) is 3.78. The van der Waals surface area contributed by atoms with E-state index in [9.17, 15) is 5.26 Å². The van der Waals surface area contributed by atoms with Crippen LogP contribution in [0.2, 0.25) is 0 Å². The standard InChI is InChI=1S/C26H25N9/c1-20-10-8-9-15-23(20)29-25(28-19-27)33-16-17-34(24(18-33)21-11-4-2-5-12-21)26-30-31-32-35(26)22-13-6-3-7-14-22/h2-15,24H,16-18H2,1H3,(H,28,29). The van der Waals surface area contributed by atoms with Gasteiger partial charge in [-0.3, -0.25) is 0 Å². The summed E-state index contributed by atoms with van der Waals surface area (Å²) < 4.78 is 1.77. The molecule has 1 N–H and O–H groups in total. The number of anilines is 2. The molecule has 2 heterocycles. The van der Waals surface area contributed by atoms with Crippen molar-refractivity contribution >= 4 is 17.6 Å². The molecule has 1 unspecified atom stereocenters. The number of hydrogen-bond donors (Lipinski definition) is 1. The number of nitrogens with zero attached hydrogens (tertiary/aromatic N) is 8. The molecule has 0 saturated carbocycles. The van der Waals surface area contributed by atoms with E-state index in [0.29, 0.717) is 31.5 Å². The first-order chi connectivity index (χ1) is 17.2. The zero-order valence-electron chi connectivity index (χ0n) is 19.4. The minimum absolute atomic E-state index is 0.0547. The Bertz CT molecular complexity index is 1340. The van der Waals surface area contributed by atoms with Gasteiger partial charge in [-0.05, 0) is 46.7 Å². The highest BCUT2D eigenvalue weighted by atomic mass is 15.6. The van der Waals surface area contributed by atoms with E-state index in [1.165, 1.54) is 0 Å². The minimum Gasteiger partial charge on any atom is -0.338 e. The van der Waals surface area contributed by atoms with Gasteiger partial charge in [0.1, 0.15) is 0 Å². The first-order valence-corrected chi connectivity index (χ1v) is 11.4. The average Bonchev–Trinajstić information content (AvgIpc) is 3.40. The molecule has 174 valence electrons. The molecule has 1 aliphatic rings. The van der Waals surface area contributed by atoms with Crippen molar-refractivity contribution < 1.29 is 0 Å². The van der Waals surface area contributed by atoms with E-state index in [1.54, 1.807) is 4.68 Å². The molecule has 0 radical (unpaired) electrons. The number of hydrogen-bond acceptors (Lipinski definition) is 6. The highest BCUT2D eigenvalue weighted by Gasteiger charge is 2.33. The van der Waals surface area contributed by atoms with Crippen molar-refractivity contribution in [1.82, 2.24) is 25.1 Å². The van der Waals surface area contributed by atoms with Crippen LogP contribution in [0.15, 0.2) is 89.9 Å². The van der Waals surface area contributed by atoms with Crippen LogP contribution in [0.5, 0.6) is 0 Å². The Morgan fingerprint density at radius 1 is 0.971 bits per heavy atom.